The SMILES string of the molecule is COCCOCCOCCOc1cc(C#Cc2ccccc2)c(OCCOCCOCCOC)cc1C#Cc1ccccc1.O=C(OCCOCCOCCOc1cc(C#Cc2ccc(C#Cc3ccccc3)cc2)c(OCCOCCOCCOC(=O)c2ccncc2)cc1C#Cc1ccc(C#Cc2ccccc2)cc1)c1ccncc1. The lowest BCUT2D eigenvalue weighted by atomic mass is 10.1. The predicted molar refractivity (Wildman–Crippen MR) is 449 cm³/mol. The Labute approximate surface area is 691 Å². The van der Waals surface area contributed by atoms with E-state index in [1.807, 2.05) is 194 Å². The predicted octanol–water partition coefficient (Wildman–Crippen LogP) is 13.2. The van der Waals surface area contributed by atoms with Crippen LogP contribution in [0, 0.1) is 71.0 Å². The number of hydrogen-bond acceptors (Lipinski definition) is 20. The van der Waals surface area contributed by atoms with Crippen LogP contribution in [-0.4, -0.2) is 195 Å². The fraction of sp³-hybridized carbons (Fsp3) is 0.265. The third kappa shape index (κ3) is 35.9. The van der Waals surface area contributed by atoms with Gasteiger partial charge in [0.2, 0.25) is 0 Å². The first-order valence-corrected chi connectivity index (χ1v) is 38.5. The molecule has 20 heteroatoms. The molecule has 0 saturated carbocycles. The molecule has 0 spiro atoms. The fourth-order valence-corrected chi connectivity index (χ4v) is 10.1. The first-order chi connectivity index (χ1) is 58.3. The summed E-state index contributed by atoms with van der Waals surface area (Å²) in [6.45, 7) is 8.38. The Morgan fingerprint density at radius 3 is 0.653 bits per heavy atom. The molecule has 0 N–H and O–H groups in total. The maximum atomic E-state index is 12.2. The van der Waals surface area contributed by atoms with Gasteiger partial charge in [-0.2, -0.15) is 0 Å². The first-order valence-electron chi connectivity index (χ1n) is 38.5. The van der Waals surface area contributed by atoms with E-state index in [0.29, 0.717) is 162 Å². The van der Waals surface area contributed by atoms with E-state index in [1.54, 1.807) is 38.5 Å². The van der Waals surface area contributed by atoms with Crippen LogP contribution in [0.3, 0.4) is 0 Å². The Kier molecular flexibility index (Phi) is 42.0. The highest BCUT2D eigenvalue weighted by Gasteiger charge is 2.15. The van der Waals surface area contributed by atoms with Crippen LogP contribution < -0.4 is 18.9 Å². The summed E-state index contributed by atoms with van der Waals surface area (Å²) in [6, 6.07) is 68.4. The molecule has 0 fully saturated rings. The quantitative estimate of drug-likeness (QED) is 0.0198. The minimum atomic E-state index is -0.438. The Morgan fingerprint density at radius 1 is 0.229 bits per heavy atom. The zero-order valence-corrected chi connectivity index (χ0v) is 66.3. The van der Waals surface area contributed by atoms with Crippen LogP contribution in [-0.2, 0) is 56.8 Å². The van der Waals surface area contributed by atoms with E-state index in [4.69, 9.17) is 75.8 Å². The van der Waals surface area contributed by atoms with E-state index < -0.39 is 11.9 Å². The van der Waals surface area contributed by atoms with Crippen LogP contribution in [0.25, 0.3) is 0 Å². The molecule has 0 radical (unpaired) electrons. The molecule has 0 saturated heterocycles. The summed E-state index contributed by atoms with van der Waals surface area (Å²) >= 11 is 0. The van der Waals surface area contributed by atoms with Gasteiger partial charge in [0.05, 0.1) is 152 Å². The molecule has 0 atom stereocenters. The number of methoxy groups -OCH3 is 2. The van der Waals surface area contributed by atoms with Crippen molar-refractivity contribution < 1.29 is 85.4 Å². The summed E-state index contributed by atoms with van der Waals surface area (Å²) in [6.07, 6.45) is 6.14. The highest BCUT2D eigenvalue weighted by atomic mass is 16.6. The number of pyridine rings is 2. The molecule has 0 bridgehead atoms. The smallest absolute Gasteiger partial charge is 0.338 e. The minimum absolute atomic E-state index is 0.109. The summed E-state index contributed by atoms with van der Waals surface area (Å²) < 4.78 is 90.5. The van der Waals surface area contributed by atoms with Crippen LogP contribution >= 0.6 is 0 Å². The van der Waals surface area contributed by atoms with Crippen LogP contribution in [0.15, 0.2) is 243 Å². The van der Waals surface area contributed by atoms with Gasteiger partial charge in [-0.3, -0.25) is 9.97 Å². The van der Waals surface area contributed by atoms with Crippen molar-refractivity contribution in [3.8, 4) is 94.0 Å². The number of carbonyl (C=O) groups is 2. The standard InChI is InChI=1S/C62H52N2O10.C36H42O8/c65-61(55-27-31-63-32-28-55)73-45-41-69-37-35-67-39-43-71-59-48-58(26-24-54-21-17-52(18-22-54)14-12-50-9-5-2-6-10-50)60(72-44-40-68-36-38-70-42-46-74-62(66)56-29-33-64-34-30-56)47-57(59)25-23-53-19-15-51(16-20-53)13-11-49-7-3-1-4-8-49;1-37-17-19-39-21-23-41-25-27-43-35-29-34(16-14-32-11-7-4-8-12-32)36(44-28-26-42-24-22-40-20-18-38-2)30-33(35)15-13-31-9-5-3-6-10-31/h1-10,15-22,27-34,47-48H,35-46H2;3-12,29-30H,17-28H2,1-2H3. The van der Waals surface area contributed by atoms with Crippen LogP contribution in [0.1, 0.15) is 87.5 Å². The van der Waals surface area contributed by atoms with Crippen LogP contribution in [0.4, 0.5) is 0 Å². The largest absolute Gasteiger partial charge is 0.490 e. The summed E-state index contributed by atoms with van der Waals surface area (Å²) in [7, 11) is 3.29. The highest BCUT2D eigenvalue weighted by molar-refractivity contribution is 5.89. The molecular weight excluding hydrogens is 1490 g/mol. The molecule has 0 amide bonds. The topological polar surface area (TPSA) is 208 Å². The molecule has 0 unspecified atom stereocenters. The maximum absolute atomic E-state index is 12.2. The van der Waals surface area contributed by atoms with Crippen molar-refractivity contribution in [2.75, 3.05) is 173 Å². The molecule has 8 aromatic carbocycles. The van der Waals surface area contributed by atoms with E-state index >= 15 is 0 Å². The monoisotopic (exact) mass is 1590 g/mol. The number of benzene rings is 8. The molecule has 604 valence electrons. The number of rotatable bonds is 42. The first kappa shape index (κ1) is 89.1. The fourth-order valence-electron chi connectivity index (χ4n) is 10.1. The number of carbonyl (C=O) groups excluding carboxylic acids is 2. The molecule has 2 aromatic heterocycles. The zero-order chi connectivity index (χ0) is 82.0. The highest BCUT2D eigenvalue weighted by Crippen LogP contribution is 2.31. The molecular formula is C98H94N2O18. The van der Waals surface area contributed by atoms with Crippen molar-refractivity contribution in [3.63, 3.8) is 0 Å². The van der Waals surface area contributed by atoms with Gasteiger partial charge in [-0.15, -0.1) is 0 Å². The van der Waals surface area contributed by atoms with Crippen molar-refractivity contribution in [2.45, 2.75) is 0 Å². The third-order valence-electron chi connectivity index (χ3n) is 16.1. The Hall–Kier alpha value is -12.8. The second-order valence-corrected chi connectivity index (χ2v) is 24.8. The molecule has 10 aromatic rings. The van der Waals surface area contributed by atoms with Crippen molar-refractivity contribution >= 4 is 11.9 Å². The number of aromatic nitrogens is 2. The summed E-state index contributed by atoms with van der Waals surface area (Å²) in [5, 5.41) is 0. The van der Waals surface area contributed by atoms with Crippen molar-refractivity contribution in [3.05, 3.63) is 321 Å². The minimum Gasteiger partial charge on any atom is -0.490 e. The Bertz CT molecular complexity index is 4680. The molecule has 0 aliphatic heterocycles. The molecule has 10 rings (SSSR count). The number of hydrogen-bond donors (Lipinski definition) is 0. The van der Waals surface area contributed by atoms with E-state index in [1.165, 1.54) is 24.8 Å². The van der Waals surface area contributed by atoms with E-state index in [0.717, 1.165) is 44.5 Å². The Balaban J connectivity index is 0.000000307. The van der Waals surface area contributed by atoms with Gasteiger partial charge < -0.3 is 75.8 Å². The molecule has 0 aliphatic rings. The van der Waals surface area contributed by atoms with Gasteiger partial charge in [-0.05, 0) is 121 Å². The maximum Gasteiger partial charge on any atom is 0.338 e. The third-order valence-corrected chi connectivity index (χ3v) is 16.1. The molecule has 0 aliphatic carbocycles. The van der Waals surface area contributed by atoms with Crippen molar-refractivity contribution in [2.24, 2.45) is 0 Å². The van der Waals surface area contributed by atoms with Crippen molar-refractivity contribution in [1.82, 2.24) is 9.97 Å². The lowest BCUT2D eigenvalue weighted by molar-refractivity contribution is 0.0102. The molecule has 20 nitrogen and oxygen atoms in total. The molecule has 118 heavy (non-hydrogen) atoms. The molecule has 2 heterocycles. The number of ether oxygens (including phenoxy) is 16. The lowest BCUT2D eigenvalue weighted by Crippen LogP contribution is -2.15. The normalized spacial score (nSPS) is 10.3. The summed E-state index contributed by atoms with van der Waals surface area (Å²) in [5.41, 5.74) is 10.3. The Morgan fingerprint density at radius 2 is 0.424 bits per heavy atom. The van der Waals surface area contributed by atoms with Crippen LogP contribution in [0.5, 0.6) is 23.0 Å². The number of nitrogens with zero attached hydrogens (tertiary/aromatic N) is 2. The summed E-state index contributed by atoms with van der Waals surface area (Å²) in [5.74, 6) is 40.2. The van der Waals surface area contributed by atoms with Gasteiger partial charge in [0.15, 0.2) is 0 Å². The van der Waals surface area contributed by atoms with Gasteiger partial charge in [0.25, 0.3) is 0 Å². The summed E-state index contributed by atoms with van der Waals surface area (Å²) in [4.78, 5) is 32.1. The van der Waals surface area contributed by atoms with E-state index in [2.05, 4.69) is 81.0 Å². The average Bonchev–Trinajstić information content (AvgIpc) is 0.824. The van der Waals surface area contributed by atoms with Crippen molar-refractivity contribution in [1.29, 1.82) is 0 Å². The average molecular weight is 1590 g/mol. The van der Waals surface area contributed by atoms with Gasteiger partial charge in [0.1, 0.15) is 62.6 Å². The zero-order valence-electron chi connectivity index (χ0n) is 66.3. The van der Waals surface area contributed by atoms with Gasteiger partial charge in [0, 0.05) is 108 Å². The second-order valence-electron chi connectivity index (χ2n) is 24.8. The lowest BCUT2D eigenvalue weighted by Gasteiger charge is -2.14. The van der Waals surface area contributed by atoms with E-state index in [9.17, 15) is 9.59 Å². The van der Waals surface area contributed by atoms with Gasteiger partial charge in [-0.1, -0.05) is 144 Å². The second kappa shape index (κ2) is 55.6. The van der Waals surface area contributed by atoms with Gasteiger partial charge >= 0.3 is 11.9 Å². The number of esters is 2. The van der Waals surface area contributed by atoms with Gasteiger partial charge in [-0.25, -0.2) is 9.59 Å². The van der Waals surface area contributed by atoms with E-state index in [-0.39, 0.29) is 52.9 Å². The van der Waals surface area contributed by atoms with Crippen LogP contribution in [0.2, 0.25) is 0 Å².